The second-order valence-electron chi connectivity index (χ2n) is 7.91. The minimum Gasteiger partial charge on any atom is -0.340 e. The van der Waals surface area contributed by atoms with Crippen LogP contribution in [0.1, 0.15) is 29.7 Å². The Morgan fingerprint density at radius 2 is 1.76 bits per heavy atom. The van der Waals surface area contributed by atoms with Crippen LogP contribution < -0.4 is 9.80 Å². The summed E-state index contributed by atoms with van der Waals surface area (Å²) >= 11 is 0. The standard InChI is InChI=1S/C24H24N4O/c1-16-5-6-19(14-25-16)21-13-17-4-3-11-28(23(17)15-26-21)20-8-9-22-18(12-20)7-10-24(29)27(22)2/h5-6,8-9,12-15H,3-4,7,10-11H2,1-2H3. The second-order valence-corrected chi connectivity index (χ2v) is 7.91. The number of carbonyl (C=O) groups excluding carboxylic acids is 1. The molecule has 3 aromatic rings. The van der Waals surface area contributed by atoms with E-state index in [1.54, 1.807) is 4.90 Å². The SMILES string of the molecule is Cc1ccc(-c2cc3c(cn2)N(c2ccc4c(c2)CCC(=O)N4C)CCC3)cn1. The van der Waals surface area contributed by atoms with Crippen LogP contribution in [0, 0.1) is 6.92 Å². The molecule has 0 bridgehead atoms. The van der Waals surface area contributed by atoms with Crippen molar-refractivity contribution in [2.75, 3.05) is 23.4 Å². The van der Waals surface area contributed by atoms with Gasteiger partial charge >= 0.3 is 0 Å². The van der Waals surface area contributed by atoms with E-state index in [1.165, 1.54) is 22.5 Å². The third-order valence-electron chi connectivity index (χ3n) is 6.01. The summed E-state index contributed by atoms with van der Waals surface area (Å²) in [5, 5.41) is 0. The van der Waals surface area contributed by atoms with Crippen molar-refractivity contribution in [3.05, 3.63) is 65.6 Å². The van der Waals surface area contributed by atoms with Gasteiger partial charge in [0.25, 0.3) is 0 Å². The summed E-state index contributed by atoms with van der Waals surface area (Å²) in [7, 11) is 1.86. The molecule has 4 heterocycles. The van der Waals surface area contributed by atoms with Crippen molar-refractivity contribution >= 4 is 23.0 Å². The van der Waals surface area contributed by atoms with Crippen LogP contribution in [0.3, 0.4) is 0 Å². The number of hydrogen-bond donors (Lipinski definition) is 0. The van der Waals surface area contributed by atoms with Crippen molar-refractivity contribution in [3.63, 3.8) is 0 Å². The average Bonchev–Trinajstić information content (AvgIpc) is 2.76. The van der Waals surface area contributed by atoms with Gasteiger partial charge in [0.2, 0.25) is 5.91 Å². The molecule has 0 saturated carbocycles. The molecule has 2 aromatic heterocycles. The van der Waals surface area contributed by atoms with Gasteiger partial charge in [0.1, 0.15) is 0 Å². The number of nitrogens with zero attached hydrogens (tertiary/aromatic N) is 4. The Labute approximate surface area is 171 Å². The fourth-order valence-corrected chi connectivity index (χ4v) is 4.34. The van der Waals surface area contributed by atoms with Gasteiger partial charge in [-0.05, 0) is 73.7 Å². The summed E-state index contributed by atoms with van der Waals surface area (Å²) in [6, 6.07) is 12.8. The van der Waals surface area contributed by atoms with Gasteiger partial charge in [-0.2, -0.15) is 0 Å². The first-order valence-electron chi connectivity index (χ1n) is 10.2. The van der Waals surface area contributed by atoms with E-state index < -0.39 is 0 Å². The Kier molecular flexibility index (Phi) is 4.31. The number of aryl methyl sites for hydroxylation is 3. The summed E-state index contributed by atoms with van der Waals surface area (Å²) in [4.78, 5) is 25.3. The molecule has 2 aliphatic rings. The monoisotopic (exact) mass is 384 g/mol. The summed E-state index contributed by atoms with van der Waals surface area (Å²) in [6.07, 6.45) is 7.45. The number of aromatic nitrogens is 2. The Hall–Kier alpha value is -3.21. The molecule has 1 amide bonds. The fourth-order valence-electron chi connectivity index (χ4n) is 4.34. The molecule has 5 heteroatoms. The van der Waals surface area contributed by atoms with E-state index in [0.717, 1.165) is 48.4 Å². The van der Waals surface area contributed by atoms with Gasteiger partial charge in [-0.3, -0.25) is 14.8 Å². The third-order valence-corrected chi connectivity index (χ3v) is 6.01. The van der Waals surface area contributed by atoms with E-state index in [9.17, 15) is 4.79 Å². The Bertz CT molecular complexity index is 1090. The normalized spacial score (nSPS) is 15.9. The van der Waals surface area contributed by atoms with E-state index in [-0.39, 0.29) is 5.91 Å². The van der Waals surface area contributed by atoms with Gasteiger partial charge < -0.3 is 9.80 Å². The van der Waals surface area contributed by atoms with Crippen molar-refractivity contribution in [2.45, 2.75) is 32.6 Å². The van der Waals surface area contributed by atoms with Crippen LogP contribution >= 0.6 is 0 Å². The van der Waals surface area contributed by atoms with Crippen molar-refractivity contribution < 1.29 is 4.79 Å². The second kappa shape index (κ2) is 6.99. The molecule has 5 nitrogen and oxygen atoms in total. The highest BCUT2D eigenvalue weighted by Crippen LogP contribution is 2.37. The summed E-state index contributed by atoms with van der Waals surface area (Å²) in [5.74, 6) is 0.191. The number of hydrogen-bond acceptors (Lipinski definition) is 4. The lowest BCUT2D eigenvalue weighted by Gasteiger charge is -2.33. The molecule has 0 fully saturated rings. The molecule has 2 aliphatic heterocycles. The number of anilines is 3. The van der Waals surface area contributed by atoms with Crippen molar-refractivity contribution in [1.82, 2.24) is 9.97 Å². The molecule has 0 radical (unpaired) electrons. The zero-order valence-electron chi connectivity index (χ0n) is 16.9. The molecule has 0 N–H and O–H groups in total. The van der Waals surface area contributed by atoms with Crippen LogP contribution in [0.4, 0.5) is 17.1 Å². The number of carbonyl (C=O) groups is 1. The zero-order valence-corrected chi connectivity index (χ0v) is 16.9. The maximum absolute atomic E-state index is 12.0. The van der Waals surface area contributed by atoms with E-state index in [0.29, 0.717) is 6.42 Å². The zero-order chi connectivity index (χ0) is 20.0. The largest absolute Gasteiger partial charge is 0.340 e. The minimum absolute atomic E-state index is 0.191. The quantitative estimate of drug-likeness (QED) is 0.655. The van der Waals surface area contributed by atoms with Crippen LogP contribution in [-0.4, -0.2) is 29.5 Å². The van der Waals surface area contributed by atoms with Gasteiger partial charge in [-0.25, -0.2) is 0 Å². The average molecular weight is 384 g/mol. The number of pyridine rings is 2. The van der Waals surface area contributed by atoms with E-state index in [1.807, 2.05) is 32.4 Å². The maximum atomic E-state index is 12.0. The molecule has 0 spiro atoms. The molecule has 5 rings (SSSR count). The molecule has 0 unspecified atom stereocenters. The molecule has 1 aromatic carbocycles. The summed E-state index contributed by atoms with van der Waals surface area (Å²) < 4.78 is 0. The summed E-state index contributed by atoms with van der Waals surface area (Å²) in [5.41, 5.74) is 9.00. The van der Waals surface area contributed by atoms with Crippen molar-refractivity contribution in [2.24, 2.45) is 0 Å². The highest BCUT2D eigenvalue weighted by molar-refractivity contribution is 5.96. The van der Waals surface area contributed by atoms with Crippen LogP contribution in [0.5, 0.6) is 0 Å². The van der Waals surface area contributed by atoms with Crippen molar-refractivity contribution in [1.29, 1.82) is 0 Å². The maximum Gasteiger partial charge on any atom is 0.227 e. The molecule has 0 aliphatic carbocycles. The molecule has 29 heavy (non-hydrogen) atoms. The van der Waals surface area contributed by atoms with Gasteiger partial charge in [0, 0.05) is 48.8 Å². The molecule has 0 atom stereocenters. The number of benzene rings is 1. The Morgan fingerprint density at radius 1 is 0.897 bits per heavy atom. The Morgan fingerprint density at radius 3 is 2.59 bits per heavy atom. The lowest BCUT2D eigenvalue weighted by Crippen LogP contribution is -2.31. The fraction of sp³-hybridized carbons (Fsp3) is 0.292. The predicted octanol–water partition coefficient (Wildman–Crippen LogP) is 4.45. The highest BCUT2D eigenvalue weighted by Gasteiger charge is 2.24. The molecule has 146 valence electrons. The third kappa shape index (κ3) is 3.16. The van der Waals surface area contributed by atoms with E-state index in [4.69, 9.17) is 4.98 Å². The Balaban J connectivity index is 1.50. The molecular weight excluding hydrogens is 360 g/mol. The van der Waals surface area contributed by atoms with Gasteiger partial charge in [0.15, 0.2) is 0 Å². The van der Waals surface area contributed by atoms with Gasteiger partial charge in [0.05, 0.1) is 17.6 Å². The number of amides is 1. The lowest BCUT2D eigenvalue weighted by atomic mass is 9.98. The first-order valence-corrected chi connectivity index (χ1v) is 10.2. The first kappa shape index (κ1) is 17.9. The van der Waals surface area contributed by atoms with Crippen LogP contribution in [-0.2, 0) is 17.6 Å². The smallest absolute Gasteiger partial charge is 0.227 e. The molecular formula is C24H24N4O. The summed E-state index contributed by atoms with van der Waals surface area (Å²) in [6.45, 7) is 2.97. The highest BCUT2D eigenvalue weighted by atomic mass is 16.2. The number of rotatable bonds is 2. The van der Waals surface area contributed by atoms with Crippen LogP contribution in [0.2, 0.25) is 0 Å². The lowest BCUT2D eigenvalue weighted by molar-refractivity contribution is -0.118. The van der Waals surface area contributed by atoms with Crippen LogP contribution in [0.15, 0.2) is 48.8 Å². The van der Waals surface area contributed by atoms with E-state index >= 15 is 0 Å². The van der Waals surface area contributed by atoms with Crippen LogP contribution in [0.25, 0.3) is 11.3 Å². The van der Waals surface area contributed by atoms with Gasteiger partial charge in [-0.15, -0.1) is 0 Å². The number of fused-ring (bicyclic) bond motifs is 2. The van der Waals surface area contributed by atoms with E-state index in [2.05, 4.69) is 40.2 Å². The minimum atomic E-state index is 0.191. The molecule has 0 saturated heterocycles. The van der Waals surface area contributed by atoms with Crippen molar-refractivity contribution in [3.8, 4) is 11.3 Å². The van der Waals surface area contributed by atoms with Gasteiger partial charge in [-0.1, -0.05) is 0 Å². The topological polar surface area (TPSA) is 49.3 Å². The predicted molar refractivity (Wildman–Crippen MR) is 116 cm³/mol. The first-order chi connectivity index (χ1) is 14.1.